The number of rotatable bonds is 4. The molecule has 0 amide bonds. The second-order valence-electron chi connectivity index (χ2n) is 4.36. The van der Waals surface area contributed by atoms with Crippen LogP contribution in [0.25, 0.3) is 0 Å². The van der Waals surface area contributed by atoms with E-state index in [4.69, 9.17) is 0 Å². The van der Waals surface area contributed by atoms with Gasteiger partial charge in [-0.15, -0.1) is 0 Å². The second-order valence-corrected chi connectivity index (χ2v) is 4.36. The molecule has 4 heteroatoms. The molecule has 0 aliphatic heterocycles. The number of aryl methyl sites for hydroxylation is 2. The Balaban J connectivity index is 2.35. The number of nitrogens with zero attached hydrogens (tertiary/aromatic N) is 2. The van der Waals surface area contributed by atoms with Crippen LogP contribution in [0, 0.1) is 12.7 Å². The second kappa shape index (κ2) is 5.31. The highest BCUT2D eigenvalue weighted by Crippen LogP contribution is 2.23. The summed E-state index contributed by atoms with van der Waals surface area (Å²) in [5.41, 5.74) is 2.80. The first-order valence-corrected chi connectivity index (χ1v) is 6.11. The van der Waals surface area contributed by atoms with Crippen molar-refractivity contribution in [1.82, 2.24) is 15.1 Å². The van der Waals surface area contributed by atoms with E-state index >= 15 is 0 Å². The average molecular weight is 247 g/mol. The maximum absolute atomic E-state index is 13.3. The van der Waals surface area contributed by atoms with Crippen molar-refractivity contribution >= 4 is 0 Å². The lowest BCUT2D eigenvalue weighted by Gasteiger charge is -2.15. The van der Waals surface area contributed by atoms with Gasteiger partial charge in [-0.1, -0.05) is 12.1 Å². The predicted molar refractivity (Wildman–Crippen MR) is 69.9 cm³/mol. The summed E-state index contributed by atoms with van der Waals surface area (Å²) in [7, 11) is 1.90. The van der Waals surface area contributed by atoms with Crippen LogP contribution in [0.3, 0.4) is 0 Å². The van der Waals surface area contributed by atoms with E-state index in [1.165, 1.54) is 6.07 Å². The van der Waals surface area contributed by atoms with E-state index < -0.39 is 0 Å². The molecule has 1 aromatic carbocycles. The van der Waals surface area contributed by atoms with Crippen LogP contribution in [0.15, 0.2) is 30.6 Å². The van der Waals surface area contributed by atoms with Gasteiger partial charge in [0.1, 0.15) is 5.82 Å². The highest BCUT2D eigenvalue weighted by Gasteiger charge is 2.14. The topological polar surface area (TPSA) is 29.9 Å². The third kappa shape index (κ3) is 2.43. The smallest absolute Gasteiger partial charge is 0.126 e. The van der Waals surface area contributed by atoms with Crippen LogP contribution in [0.4, 0.5) is 4.39 Å². The summed E-state index contributed by atoms with van der Waals surface area (Å²) >= 11 is 0. The fraction of sp³-hybridized carbons (Fsp3) is 0.357. The number of halogens is 1. The zero-order valence-electron chi connectivity index (χ0n) is 10.9. The van der Waals surface area contributed by atoms with Crippen LogP contribution in [-0.4, -0.2) is 16.8 Å². The summed E-state index contributed by atoms with van der Waals surface area (Å²) in [4.78, 5) is 0. The minimum Gasteiger partial charge on any atom is -0.309 e. The first kappa shape index (κ1) is 12.8. The zero-order valence-corrected chi connectivity index (χ0v) is 10.9. The van der Waals surface area contributed by atoms with E-state index in [-0.39, 0.29) is 11.9 Å². The van der Waals surface area contributed by atoms with Gasteiger partial charge in [-0.2, -0.15) is 5.10 Å². The lowest BCUT2D eigenvalue weighted by molar-refractivity contribution is 0.613. The van der Waals surface area contributed by atoms with Crippen molar-refractivity contribution in [3.05, 3.63) is 53.1 Å². The number of hydrogen-bond acceptors (Lipinski definition) is 2. The molecular weight excluding hydrogens is 229 g/mol. The molecule has 0 fully saturated rings. The summed E-state index contributed by atoms with van der Waals surface area (Å²) in [6.45, 7) is 4.67. The van der Waals surface area contributed by atoms with Gasteiger partial charge in [0.15, 0.2) is 0 Å². The highest BCUT2D eigenvalue weighted by molar-refractivity contribution is 5.32. The Morgan fingerprint density at radius 1 is 1.39 bits per heavy atom. The molecule has 1 atom stereocenters. The maximum Gasteiger partial charge on any atom is 0.126 e. The highest BCUT2D eigenvalue weighted by atomic mass is 19.1. The lowest BCUT2D eigenvalue weighted by atomic mass is 10.00. The molecule has 1 aromatic heterocycles. The summed E-state index contributed by atoms with van der Waals surface area (Å²) < 4.78 is 15.2. The molecule has 0 aliphatic carbocycles. The predicted octanol–water partition coefficient (Wildman–Crippen LogP) is 2.66. The molecule has 0 spiro atoms. The molecule has 3 nitrogen and oxygen atoms in total. The third-order valence-corrected chi connectivity index (χ3v) is 3.11. The quantitative estimate of drug-likeness (QED) is 0.900. The molecule has 1 unspecified atom stereocenters. The van der Waals surface area contributed by atoms with Crippen LogP contribution in [0.1, 0.15) is 29.7 Å². The van der Waals surface area contributed by atoms with Gasteiger partial charge in [0.25, 0.3) is 0 Å². The van der Waals surface area contributed by atoms with E-state index in [2.05, 4.69) is 10.4 Å². The number of nitrogens with one attached hydrogen (secondary N) is 1. The van der Waals surface area contributed by atoms with Crippen molar-refractivity contribution in [2.45, 2.75) is 26.4 Å². The van der Waals surface area contributed by atoms with E-state index in [1.807, 2.05) is 43.2 Å². The van der Waals surface area contributed by atoms with Crippen LogP contribution >= 0.6 is 0 Å². The van der Waals surface area contributed by atoms with Gasteiger partial charge in [0, 0.05) is 18.3 Å². The first-order chi connectivity index (χ1) is 8.65. The fourth-order valence-corrected chi connectivity index (χ4v) is 2.07. The largest absolute Gasteiger partial charge is 0.309 e. The van der Waals surface area contributed by atoms with E-state index in [0.29, 0.717) is 5.56 Å². The summed E-state index contributed by atoms with van der Waals surface area (Å²) in [6.07, 6.45) is 3.86. The Morgan fingerprint density at radius 3 is 2.72 bits per heavy atom. The molecular formula is C14H18FN3. The van der Waals surface area contributed by atoms with E-state index in [9.17, 15) is 4.39 Å². The van der Waals surface area contributed by atoms with Crippen molar-refractivity contribution in [3.8, 4) is 0 Å². The van der Waals surface area contributed by atoms with Gasteiger partial charge < -0.3 is 5.32 Å². The Labute approximate surface area is 107 Å². The molecule has 0 bridgehead atoms. The van der Waals surface area contributed by atoms with Gasteiger partial charge in [0.2, 0.25) is 0 Å². The Kier molecular flexibility index (Phi) is 3.77. The number of hydrogen-bond donors (Lipinski definition) is 1. The number of aromatic nitrogens is 2. The fourth-order valence-electron chi connectivity index (χ4n) is 2.07. The standard InChI is InChI=1S/C14H18FN3/c1-4-18-9-12(8-17-18)14(16-3)11-5-6-13(15)10(2)7-11/h5-9,14,16H,4H2,1-3H3. The van der Waals surface area contributed by atoms with E-state index in [0.717, 1.165) is 17.7 Å². The number of benzene rings is 1. The monoisotopic (exact) mass is 247 g/mol. The summed E-state index contributed by atoms with van der Waals surface area (Å²) in [5.74, 6) is -0.169. The third-order valence-electron chi connectivity index (χ3n) is 3.11. The van der Waals surface area contributed by atoms with Gasteiger partial charge >= 0.3 is 0 Å². The van der Waals surface area contributed by atoms with Gasteiger partial charge in [-0.3, -0.25) is 4.68 Å². The van der Waals surface area contributed by atoms with Crippen molar-refractivity contribution in [3.63, 3.8) is 0 Å². The Hall–Kier alpha value is -1.68. The van der Waals surface area contributed by atoms with Crippen molar-refractivity contribution < 1.29 is 4.39 Å². The van der Waals surface area contributed by atoms with Crippen LogP contribution in [0.5, 0.6) is 0 Å². The lowest BCUT2D eigenvalue weighted by Crippen LogP contribution is -2.17. The zero-order chi connectivity index (χ0) is 13.1. The van der Waals surface area contributed by atoms with Gasteiger partial charge in [-0.25, -0.2) is 4.39 Å². The summed E-state index contributed by atoms with van der Waals surface area (Å²) in [6, 6.07) is 5.25. The molecule has 0 radical (unpaired) electrons. The van der Waals surface area contributed by atoms with Gasteiger partial charge in [0.05, 0.1) is 12.2 Å². The molecule has 18 heavy (non-hydrogen) atoms. The normalized spacial score (nSPS) is 12.7. The van der Waals surface area contributed by atoms with Crippen LogP contribution in [0.2, 0.25) is 0 Å². The Bertz CT molecular complexity index is 534. The molecule has 1 heterocycles. The van der Waals surface area contributed by atoms with Crippen LogP contribution in [-0.2, 0) is 6.54 Å². The van der Waals surface area contributed by atoms with Crippen molar-refractivity contribution in [1.29, 1.82) is 0 Å². The minimum atomic E-state index is -0.169. The maximum atomic E-state index is 13.3. The van der Waals surface area contributed by atoms with Crippen LogP contribution < -0.4 is 5.32 Å². The molecule has 0 aliphatic rings. The van der Waals surface area contributed by atoms with E-state index in [1.54, 1.807) is 6.92 Å². The summed E-state index contributed by atoms with van der Waals surface area (Å²) in [5, 5.41) is 7.51. The molecule has 2 rings (SSSR count). The molecule has 2 aromatic rings. The minimum absolute atomic E-state index is 0.0459. The SMILES string of the molecule is CCn1cc(C(NC)c2ccc(F)c(C)c2)cn1. The average Bonchev–Trinajstić information content (AvgIpc) is 2.83. The first-order valence-electron chi connectivity index (χ1n) is 6.11. The van der Waals surface area contributed by atoms with Crippen molar-refractivity contribution in [2.24, 2.45) is 0 Å². The van der Waals surface area contributed by atoms with Gasteiger partial charge in [-0.05, 0) is 38.1 Å². The molecule has 96 valence electrons. The molecule has 0 saturated carbocycles. The molecule has 0 saturated heterocycles. The Morgan fingerprint density at radius 2 is 2.17 bits per heavy atom. The molecule has 1 N–H and O–H groups in total. The van der Waals surface area contributed by atoms with Crippen molar-refractivity contribution in [2.75, 3.05) is 7.05 Å².